The van der Waals surface area contributed by atoms with E-state index < -0.39 is 6.04 Å². The number of imidazole rings is 1. The SMILES string of the molecule is Cn1c(C(NC(=O)CCn2nc3ccccn3c2=O)c2ccccc2)nc2ccccc21. The molecule has 2 aromatic carbocycles. The van der Waals surface area contributed by atoms with Crippen molar-refractivity contribution >= 4 is 22.6 Å². The number of benzene rings is 2. The summed E-state index contributed by atoms with van der Waals surface area (Å²) in [4.78, 5) is 30.2. The third-order valence-corrected chi connectivity index (χ3v) is 5.56. The first-order valence-electron chi connectivity index (χ1n) is 10.4. The Morgan fingerprint density at radius 2 is 1.75 bits per heavy atom. The van der Waals surface area contributed by atoms with Crippen molar-refractivity contribution in [1.29, 1.82) is 0 Å². The zero-order valence-corrected chi connectivity index (χ0v) is 17.5. The van der Waals surface area contributed by atoms with E-state index in [0.29, 0.717) is 5.65 Å². The van der Waals surface area contributed by atoms with Crippen LogP contribution in [0.25, 0.3) is 16.7 Å². The number of carbonyl (C=O) groups is 1. The summed E-state index contributed by atoms with van der Waals surface area (Å²) < 4.78 is 4.78. The largest absolute Gasteiger partial charge is 0.350 e. The van der Waals surface area contributed by atoms with E-state index in [1.54, 1.807) is 18.3 Å². The lowest BCUT2D eigenvalue weighted by molar-refractivity contribution is -0.121. The van der Waals surface area contributed by atoms with Gasteiger partial charge in [-0.05, 0) is 29.8 Å². The maximum Gasteiger partial charge on any atom is 0.350 e. The van der Waals surface area contributed by atoms with Gasteiger partial charge >= 0.3 is 5.69 Å². The van der Waals surface area contributed by atoms with Crippen LogP contribution in [0.2, 0.25) is 0 Å². The Balaban J connectivity index is 1.41. The molecule has 0 saturated carbocycles. The summed E-state index contributed by atoms with van der Waals surface area (Å²) in [6.45, 7) is 0.191. The smallest absolute Gasteiger partial charge is 0.342 e. The number of pyridine rings is 1. The molecule has 5 aromatic rings. The van der Waals surface area contributed by atoms with E-state index in [9.17, 15) is 9.59 Å². The van der Waals surface area contributed by atoms with E-state index in [1.165, 1.54) is 9.08 Å². The normalized spacial score (nSPS) is 12.3. The number of aromatic nitrogens is 5. The average molecular weight is 426 g/mol. The Morgan fingerprint density at radius 1 is 1.00 bits per heavy atom. The van der Waals surface area contributed by atoms with Gasteiger partial charge in [0, 0.05) is 19.7 Å². The summed E-state index contributed by atoms with van der Waals surface area (Å²) in [7, 11) is 1.95. The molecule has 1 amide bonds. The molecule has 8 heteroatoms. The van der Waals surface area contributed by atoms with Gasteiger partial charge in [-0.2, -0.15) is 0 Å². The van der Waals surface area contributed by atoms with Crippen LogP contribution in [0.1, 0.15) is 23.9 Å². The zero-order valence-electron chi connectivity index (χ0n) is 17.5. The van der Waals surface area contributed by atoms with Crippen molar-refractivity contribution in [3.63, 3.8) is 0 Å². The number of carbonyl (C=O) groups excluding carboxylic acids is 1. The summed E-state index contributed by atoms with van der Waals surface area (Å²) in [6, 6.07) is 22.6. The first kappa shape index (κ1) is 19.7. The standard InChI is InChI=1S/C24H22N6O2/c1-28-19-12-6-5-11-18(19)25-23(28)22(17-9-3-2-4-10-17)26-21(31)14-16-30-24(32)29-15-8-7-13-20(29)27-30/h2-13,15,22H,14,16H2,1H3,(H,26,31). The van der Waals surface area contributed by atoms with Gasteiger partial charge in [-0.3, -0.25) is 9.20 Å². The van der Waals surface area contributed by atoms with Crippen LogP contribution in [0.15, 0.2) is 83.8 Å². The topological polar surface area (TPSA) is 86.2 Å². The van der Waals surface area contributed by atoms with Gasteiger partial charge < -0.3 is 9.88 Å². The molecule has 0 bridgehead atoms. The van der Waals surface area contributed by atoms with Gasteiger partial charge in [0.05, 0.1) is 17.6 Å². The minimum atomic E-state index is -0.418. The van der Waals surface area contributed by atoms with Crippen LogP contribution < -0.4 is 11.0 Å². The zero-order chi connectivity index (χ0) is 22.1. The molecule has 0 radical (unpaired) electrons. The van der Waals surface area contributed by atoms with E-state index in [0.717, 1.165) is 22.4 Å². The van der Waals surface area contributed by atoms with Crippen LogP contribution in [0, 0.1) is 0 Å². The highest BCUT2D eigenvalue weighted by Gasteiger charge is 2.22. The third kappa shape index (κ3) is 3.56. The van der Waals surface area contributed by atoms with Gasteiger partial charge in [-0.25, -0.2) is 14.5 Å². The Labute approximate surface area is 183 Å². The predicted molar refractivity (Wildman–Crippen MR) is 121 cm³/mol. The van der Waals surface area contributed by atoms with E-state index in [1.807, 2.05) is 72.3 Å². The highest BCUT2D eigenvalue weighted by molar-refractivity contribution is 5.78. The number of rotatable bonds is 6. The minimum absolute atomic E-state index is 0.122. The molecule has 0 aliphatic heterocycles. The molecule has 1 unspecified atom stereocenters. The van der Waals surface area contributed by atoms with Crippen LogP contribution in [-0.4, -0.2) is 29.6 Å². The van der Waals surface area contributed by atoms with Crippen LogP contribution >= 0.6 is 0 Å². The monoisotopic (exact) mass is 426 g/mol. The summed E-state index contributed by atoms with van der Waals surface area (Å²) in [5.41, 5.74) is 3.10. The van der Waals surface area contributed by atoms with Gasteiger partial charge in [0.15, 0.2) is 5.65 Å². The first-order chi connectivity index (χ1) is 15.6. The van der Waals surface area contributed by atoms with Crippen molar-refractivity contribution in [2.75, 3.05) is 0 Å². The lowest BCUT2D eigenvalue weighted by Gasteiger charge is -2.19. The molecule has 0 aliphatic rings. The molecule has 3 aromatic heterocycles. The first-order valence-corrected chi connectivity index (χ1v) is 10.4. The second-order valence-electron chi connectivity index (χ2n) is 7.61. The number of fused-ring (bicyclic) bond motifs is 2. The van der Waals surface area contributed by atoms with E-state index in [2.05, 4.69) is 10.4 Å². The molecule has 0 saturated heterocycles. The molecular formula is C24H22N6O2. The molecule has 1 N–H and O–H groups in total. The Hall–Kier alpha value is -4.20. The Bertz CT molecular complexity index is 1460. The second kappa shape index (κ2) is 8.14. The van der Waals surface area contributed by atoms with Crippen LogP contribution in [0.5, 0.6) is 0 Å². The number of hydrogen-bond donors (Lipinski definition) is 1. The predicted octanol–water partition coefficient (Wildman–Crippen LogP) is 2.68. The maximum absolute atomic E-state index is 12.9. The molecule has 32 heavy (non-hydrogen) atoms. The average Bonchev–Trinajstić information content (AvgIpc) is 3.33. The number of amides is 1. The van der Waals surface area contributed by atoms with Crippen molar-refractivity contribution in [3.8, 4) is 0 Å². The molecule has 3 heterocycles. The fraction of sp³-hybridized carbons (Fsp3) is 0.167. The molecule has 1 atom stereocenters. The lowest BCUT2D eigenvalue weighted by atomic mass is 10.1. The molecule has 0 aliphatic carbocycles. The van der Waals surface area contributed by atoms with Gasteiger partial charge in [-0.15, -0.1) is 5.10 Å². The molecular weight excluding hydrogens is 404 g/mol. The van der Waals surface area contributed by atoms with Crippen LogP contribution in [0.3, 0.4) is 0 Å². The maximum atomic E-state index is 12.9. The van der Waals surface area contributed by atoms with Crippen molar-refractivity contribution in [3.05, 3.63) is 101 Å². The van der Waals surface area contributed by atoms with Crippen molar-refractivity contribution in [2.24, 2.45) is 7.05 Å². The summed E-state index contributed by atoms with van der Waals surface area (Å²) in [5.74, 6) is 0.561. The Kier molecular flexibility index (Phi) is 5.03. The highest BCUT2D eigenvalue weighted by Crippen LogP contribution is 2.25. The van der Waals surface area contributed by atoms with E-state index in [4.69, 9.17) is 4.98 Å². The molecule has 160 valence electrons. The van der Waals surface area contributed by atoms with E-state index >= 15 is 0 Å². The summed E-state index contributed by atoms with van der Waals surface area (Å²) >= 11 is 0. The van der Waals surface area contributed by atoms with Crippen molar-refractivity contribution in [1.82, 2.24) is 29.0 Å². The molecule has 0 spiro atoms. The number of nitrogens with one attached hydrogen (secondary N) is 1. The second-order valence-corrected chi connectivity index (χ2v) is 7.61. The number of nitrogens with zero attached hydrogens (tertiary/aromatic N) is 5. The summed E-state index contributed by atoms with van der Waals surface area (Å²) in [5, 5.41) is 7.40. The van der Waals surface area contributed by atoms with Crippen LogP contribution in [-0.2, 0) is 18.4 Å². The van der Waals surface area contributed by atoms with Crippen molar-refractivity contribution in [2.45, 2.75) is 19.0 Å². The molecule has 5 rings (SSSR count). The fourth-order valence-electron chi connectivity index (χ4n) is 3.92. The number of aryl methyl sites for hydroxylation is 2. The fourth-order valence-corrected chi connectivity index (χ4v) is 3.92. The molecule has 0 fully saturated rings. The van der Waals surface area contributed by atoms with Gasteiger partial charge in [0.25, 0.3) is 0 Å². The minimum Gasteiger partial charge on any atom is -0.342 e. The highest BCUT2D eigenvalue weighted by atomic mass is 16.2. The molecule has 8 nitrogen and oxygen atoms in total. The third-order valence-electron chi connectivity index (χ3n) is 5.56. The summed E-state index contributed by atoms with van der Waals surface area (Å²) in [6.07, 6.45) is 1.79. The van der Waals surface area contributed by atoms with Gasteiger partial charge in [0.2, 0.25) is 5.91 Å². The van der Waals surface area contributed by atoms with E-state index in [-0.39, 0.29) is 24.6 Å². The number of hydrogen-bond acceptors (Lipinski definition) is 4. The Morgan fingerprint density at radius 3 is 2.53 bits per heavy atom. The quantitative estimate of drug-likeness (QED) is 0.452. The lowest BCUT2D eigenvalue weighted by Crippen LogP contribution is -2.32. The van der Waals surface area contributed by atoms with Crippen molar-refractivity contribution < 1.29 is 4.79 Å². The van der Waals surface area contributed by atoms with Crippen LogP contribution in [0.4, 0.5) is 0 Å². The number of para-hydroxylation sites is 2. The van der Waals surface area contributed by atoms with Gasteiger partial charge in [-0.1, -0.05) is 48.5 Å². The van der Waals surface area contributed by atoms with Gasteiger partial charge in [0.1, 0.15) is 11.9 Å².